The van der Waals surface area contributed by atoms with Crippen LogP contribution in [-0.2, 0) is 18.7 Å². The number of carbonyl (C=O) groups is 2. The van der Waals surface area contributed by atoms with E-state index in [0.29, 0.717) is 17.1 Å². The van der Waals surface area contributed by atoms with Gasteiger partial charge >= 0.3 is 7.82 Å². The van der Waals surface area contributed by atoms with Gasteiger partial charge in [-0.1, -0.05) is 15.9 Å². The van der Waals surface area contributed by atoms with Crippen LogP contribution >= 0.6 is 35.4 Å². The summed E-state index contributed by atoms with van der Waals surface area (Å²) in [5, 5.41) is 0. The molecule has 9 nitrogen and oxygen atoms in total. The zero-order valence-electron chi connectivity index (χ0n) is 14.4. The van der Waals surface area contributed by atoms with Crippen LogP contribution in [0.5, 0.6) is 0 Å². The number of phosphoric ester groups is 1. The minimum atomic E-state index is -4.32. The summed E-state index contributed by atoms with van der Waals surface area (Å²) in [5.74, 6) is 0.299. The smallest absolute Gasteiger partial charge is 0.365 e. The lowest BCUT2D eigenvalue weighted by molar-refractivity contribution is -0.117. The highest BCUT2D eigenvalue weighted by Crippen LogP contribution is 2.36. The molecule has 1 atom stereocenters. The first-order valence-corrected chi connectivity index (χ1v) is 11.4. The maximum Gasteiger partial charge on any atom is 0.469 e. The summed E-state index contributed by atoms with van der Waals surface area (Å²) in [5.41, 5.74) is 1.89. The minimum absolute atomic E-state index is 0.00546. The molecule has 1 unspecified atom stereocenters. The van der Waals surface area contributed by atoms with E-state index in [1.807, 2.05) is 14.7 Å². The fraction of sp³-hybridized carbons (Fsp3) is 0.600. The molecular weight excluding hydrogens is 465 g/mol. The van der Waals surface area contributed by atoms with E-state index in [-0.39, 0.29) is 28.9 Å². The number of hydrogen-bond acceptors (Lipinski definition) is 7. The molecule has 0 spiro atoms. The molecule has 0 aromatic carbocycles. The largest absolute Gasteiger partial charge is 0.469 e. The van der Waals surface area contributed by atoms with Crippen molar-refractivity contribution in [1.82, 2.24) is 14.7 Å². The molecule has 4 aliphatic rings. The number of hydrogen-bond donors (Lipinski definition) is 2. The summed E-state index contributed by atoms with van der Waals surface area (Å²) in [6.07, 6.45) is 1.52. The molecule has 3 heterocycles. The van der Waals surface area contributed by atoms with Crippen molar-refractivity contribution in [3.63, 3.8) is 0 Å². The molecule has 0 aromatic rings. The summed E-state index contributed by atoms with van der Waals surface area (Å²) in [6.45, 7) is 5.32. The highest BCUT2D eigenvalue weighted by Gasteiger charge is 2.43. The molecule has 3 aliphatic heterocycles. The molecule has 12 heteroatoms. The number of alkyl halides is 2. The fourth-order valence-corrected chi connectivity index (χ4v) is 3.30. The Balaban J connectivity index is 0.000000183. The van der Waals surface area contributed by atoms with E-state index in [2.05, 4.69) is 20.5 Å². The first-order chi connectivity index (χ1) is 12.7. The second kappa shape index (κ2) is 8.23. The summed E-state index contributed by atoms with van der Waals surface area (Å²) < 4.78 is 14.2. The summed E-state index contributed by atoms with van der Waals surface area (Å²) in [4.78, 5) is 46.6. The van der Waals surface area contributed by atoms with Crippen LogP contribution in [0.15, 0.2) is 23.2 Å². The third kappa shape index (κ3) is 5.79. The van der Waals surface area contributed by atoms with Gasteiger partial charge in [-0.2, -0.15) is 0 Å². The molecule has 1 aliphatic carbocycles. The number of nitrogens with zero attached hydrogens (tertiary/aromatic N) is 3. The first kappa shape index (κ1) is 20.8. The summed E-state index contributed by atoms with van der Waals surface area (Å²) in [6, 6.07) is 0. The Kier molecular flexibility index (Phi) is 6.34. The van der Waals surface area contributed by atoms with Crippen molar-refractivity contribution in [1.29, 1.82) is 0 Å². The Morgan fingerprint density at radius 1 is 1.07 bits per heavy atom. The predicted octanol–water partition coefficient (Wildman–Crippen LogP) is 0.279. The van der Waals surface area contributed by atoms with E-state index in [9.17, 15) is 14.2 Å². The zero-order chi connectivity index (χ0) is 19.8. The Morgan fingerprint density at radius 3 is 2.04 bits per heavy atom. The van der Waals surface area contributed by atoms with Crippen LogP contribution in [0.4, 0.5) is 0 Å². The lowest BCUT2D eigenvalue weighted by Gasteiger charge is -2.21. The molecule has 0 amide bonds. The van der Waals surface area contributed by atoms with Gasteiger partial charge in [0, 0.05) is 51.2 Å². The lowest BCUT2D eigenvalue weighted by atomic mass is 10.0. The molecule has 150 valence electrons. The SMILES string of the molecule is O=C1C=C(N2CC2)C(=O)C(N2CC2)=C1N1CC1.O=P(O)(O)OCC(Br)CCl. The Bertz CT molecular complexity index is 742. The molecule has 27 heavy (non-hydrogen) atoms. The van der Waals surface area contributed by atoms with Gasteiger partial charge in [0.05, 0.1) is 17.1 Å². The van der Waals surface area contributed by atoms with Crippen LogP contribution in [0, 0.1) is 0 Å². The highest BCUT2D eigenvalue weighted by molar-refractivity contribution is 9.09. The second-order valence-electron chi connectivity index (χ2n) is 6.42. The number of halogens is 2. The van der Waals surface area contributed by atoms with E-state index >= 15 is 0 Å². The Morgan fingerprint density at radius 2 is 1.59 bits per heavy atom. The van der Waals surface area contributed by atoms with Crippen molar-refractivity contribution in [2.24, 2.45) is 0 Å². The maximum atomic E-state index is 12.4. The zero-order valence-corrected chi connectivity index (χ0v) is 17.6. The minimum Gasteiger partial charge on any atom is -0.365 e. The van der Waals surface area contributed by atoms with Gasteiger partial charge < -0.3 is 24.5 Å². The number of phosphoric acid groups is 1. The molecule has 3 fully saturated rings. The lowest BCUT2D eigenvalue weighted by Crippen LogP contribution is -2.29. The van der Waals surface area contributed by atoms with Gasteiger partial charge in [0.2, 0.25) is 11.6 Å². The number of rotatable bonds is 7. The fourth-order valence-electron chi connectivity index (χ4n) is 2.50. The van der Waals surface area contributed by atoms with E-state index in [0.717, 1.165) is 39.3 Å². The molecule has 0 radical (unpaired) electrons. The van der Waals surface area contributed by atoms with Gasteiger partial charge in [-0.15, -0.1) is 11.6 Å². The van der Waals surface area contributed by atoms with Crippen molar-refractivity contribution in [2.75, 3.05) is 51.8 Å². The third-order valence-corrected chi connectivity index (χ3v) is 5.90. The quantitative estimate of drug-likeness (QED) is 0.228. The van der Waals surface area contributed by atoms with E-state index < -0.39 is 7.82 Å². The third-order valence-electron chi connectivity index (χ3n) is 4.08. The van der Waals surface area contributed by atoms with Gasteiger partial charge in [0.15, 0.2) is 0 Å². The molecule has 4 rings (SSSR count). The maximum absolute atomic E-state index is 12.4. The van der Waals surface area contributed by atoms with Gasteiger partial charge in [-0.05, 0) is 0 Å². The van der Waals surface area contributed by atoms with Gasteiger partial charge in [-0.3, -0.25) is 14.1 Å². The first-order valence-electron chi connectivity index (χ1n) is 8.41. The molecule has 0 aromatic heterocycles. The molecule has 0 saturated carbocycles. The van der Waals surface area contributed by atoms with Crippen LogP contribution in [0.2, 0.25) is 0 Å². The number of ketones is 2. The van der Waals surface area contributed by atoms with Crippen LogP contribution < -0.4 is 0 Å². The van der Waals surface area contributed by atoms with E-state index in [1.54, 1.807) is 0 Å². The molecule has 3 saturated heterocycles. The Labute approximate surface area is 169 Å². The summed E-state index contributed by atoms with van der Waals surface area (Å²) >= 11 is 8.33. The second-order valence-corrected chi connectivity index (χ2v) is 9.26. The van der Waals surface area contributed by atoms with E-state index in [4.69, 9.17) is 21.4 Å². The normalized spacial score (nSPS) is 22.4. The summed E-state index contributed by atoms with van der Waals surface area (Å²) in [7, 11) is -4.32. The van der Waals surface area contributed by atoms with Crippen LogP contribution in [0.25, 0.3) is 0 Å². The van der Waals surface area contributed by atoms with Crippen molar-refractivity contribution >= 4 is 46.9 Å². The number of allylic oxidation sites excluding steroid dienone is 1. The van der Waals surface area contributed by atoms with Crippen molar-refractivity contribution in [3.05, 3.63) is 23.2 Å². The van der Waals surface area contributed by atoms with Crippen molar-refractivity contribution < 1.29 is 28.5 Å². The van der Waals surface area contributed by atoms with Crippen LogP contribution in [0.1, 0.15) is 0 Å². The average molecular weight is 485 g/mol. The molecule has 2 N–H and O–H groups in total. The number of Topliss-reactive ketones (excluding diaryl/α,β-unsaturated/α-hetero) is 1. The van der Waals surface area contributed by atoms with Crippen molar-refractivity contribution in [3.8, 4) is 0 Å². The van der Waals surface area contributed by atoms with Gasteiger partial charge in [-0.25, -0.2) is 4.57 Å². The predicted molar refractivity (Wildman–Crippen MR) is 101 cm³/mol. The van der Waals surface area contributed by atoms with Crippen LogP contribution in [-0.4, -0.2) is 92.6 Å². The Hall–Kier alpha value is -0.900. The van der Waals surface area contributed by atoms with Gasteiger partial charge in [0.1, 0.15) is 11.4 Å². The topological polar surface area (TPSA) is 110 Å². The van der Waals surface area contributed by atoms with Crippen molar-refractivity contribution in [2.45, 2.75) is 4.83 Å². The monoisotopic (exact) mass is 483 g/mol. The van der Waals surface area contributed by atoms with Gasteiger partial charge in [0.25, 0.3) is 0 Å². The van der Waals surface area contributed by atoms with Crippen LogP contribution in [0.3, 0.4) is 0 Å². The van der Waals surface area contributed by atoms with E-state index in [1.165, 1.54) is 6.08 Å². The standard InChI is InChI=1S/C12H13N3O2.C3H7BrClO4P/c16-9-7-8(13-1-2-13)12(17)11(15-5-6-15)10(9)14-3-4-14;4-3(1-5)2-9-10(6,7)8/h7H,1-6H2;3H,1-2H2,(H2,6,7,8). The average Bonchev–Trinajstić information content (AvgIpc) is 3.47. The highest BCUT2D eigenvalue weighted by atomic mass is 79.9. The molecular formula is C15H20BrClN3O6P. The molecule has 0 bridgehead atoms. The number of carbonyl (C=O) groups excluding carboxylic acids is 2.